The van der Waals surface area contributed by atoms with Crippen molar-refractivity contribution in [3.8, 4) is 11.1 Å². The predicted octanol–water partition coefficient (Wildman–Crippen LogP) is 2.27. The van der Waals surface area contributed by atoms with Crippen molar-refractivity contribution in [1.82, 2.24) is 15.8 Å². The maximum Gasteiger partial charge on any atom is 0.407 e. The molecular weight excluding hydrogens is 426 g/mol. The van der Waals surface area contributed by atoms with Crippen LogP contribution in [-0.4, -0.2) is 53.2 Å². The van der Waals surface area contributed by atoms with Crippen LogP contribution in [0.2, 0.25) is 0 Å². The summed E-state index contributed by atoms with van der Waals surface area (Å²) in [7, 11) is 0. The van der Waals surface area contributed by atoms with E-state index in [1.807, 2.05) is 36.4 Å². The van der Waals surface area contributed by atoms with Crippen molar-refractivity contribution >= 4 is 23.9 Å². The van der Waals surface area contributed by atoms with Gasteiger partial charge < -0.3 is 15.2 Å². The van der Waals surface area contributed by atoms with E-state index in [0.29, 0.717) is 0 Å². The summed E-state index contributed by atoms with van der Waals surface area (Å²) in [5, 5.41) is 12.7. The summed E-state index contributed by atoms with van der Waals surface area (Å²) >= 11 is 0. The highest BCUT2D eigenvalue weighted by atomic mass is 16.5. The number of nitrogens with one attached hydrogen (secondary N) is 2. The van der Waals surface area contributed by atoms with Crippen molar-refractivity contribution in [2.45, 2.75) is 31.7 Å². The number of carbonyl (C=O) groups is 4. The molecule has 33 heavy (non-hydrogen) atoms. The molecule has 2 aliphatic rings. The maximum atomic E-state index is 12.4. The van der Waals surface area contributed by atoms with Crippen molar-refractivity contribution in [2.24, 2.45) is 5.92 Å². The number of carboxylic acid groups (broad SMARTS) is 1. The van der Waals surface area contributed by atoms with Crippen molar-refractivity contribution in [3.63, 3.8) is 0 Å². The smallest absolute Gasteiger partial charge is 0.407 e. The third kappa shape index (κ3) is 4.67. The number of hydrazine groups is 1. The minimum Gasteiger partial charge on any atom is -0.480 e. The van der Waals surface area contributed by atoms with Gasteiger partial charge in [-0.15, -0.1) is 0 Å². The van der Waals surface area contributed by atoms with Crippen molar-refractivity contribution in [1.29, 1.82) is 0 Å². The van der Waals surface area contributed by atoms with Crippen LogP contribution in [0.25, 0.3) is 11.1 Å². The standard InChI is InChI=1S/C24H25N3O6/c1-14(10-22(29)27-20(23(30)31)11-21(28)26-27)12-25-24(32)33-13-19-17-8-4-2-6-15(17)16-7-3-5-9-18(16)19/h2-9,14,19-20H,10-13H2,1H3,(H,25,32)(H,26,28)(H,30,31). The van der Waals surface area contributed by atoms with Crippen LogP contribution in [0.1, 0.15) is 36.8 Å². The predicted molar refractivity (Wildman–Crippen MR) is 118 cm³/mol. The van der Waals surface area contributed by atoms with Gasteiger partial charge in [-0.3, -0.25) is 15.0 Å². The third-order valence-corrected chi connectivity index (χ3v) is 5.95. The Hall–Kier alpha value is -3.88. The lowest BCUT2D eigenvalue weighted by Crippen LogP contribution is -2.47. The molecule has 1 aliphatic carbocycles. The van der Waals surface area contributed by atoms with Crippen LogP contribution in [0.5, 0.6) is 0 Å². The van der Waals surface area contributed by atoms with Crippen molar-refractivity contribution < 1.29 is 29.0 Å². The minimum absolute atomic E-state index is 0.0340. The van der Waals surface area contributed by atoms with Gasteiger partial charge in [-0.1, -0.05) is 55.5 Å². The maximum absolute atomic E-state index is 12.4. The summed E-state index contributed by atoms with van der Waals surface area (Å²) in [6.07, 6.45) is -0.893. The molecule has 9 heteroatoms. The Morgan fingerprint density at radius 3 is 2.33 bits per heavy atom. The Morgan fingerprint density at radius 2 is 1.73 bits per heavy atom. The number of rotatable bonds is 7. The second kappa shape index (κ2) is 9.32. The molecular formula is C24H25N3O6. The normalized spacial score (nSPS) is 17.7. The first-order valence-corrected chi connectivity index (χ1v) is 10.8. The van der Waals surface area contributed by atoms with Crippen LogP contribution in [0.4, 0.5) is 4.79 Å². The molecule has 0 radical (unpaired) electrons. The molecule has 0 aromatic heterocycles. The SMILES string of the molecule is CC(CNC(=O)OCC1c2ccccc2-c2ccccc21)CC(=O)N1NC(=O)CC1C(=O)O. The number of aliphatic carboxylic acids is 1. The van der Waals surface area contributed by atoms with Gasteiger partial charge in [0.25, 0.3) is 0 Å². The molecule has 4 rings (SSSR count). The Morgan fingerprint density at radius 1 is 1.12 bits per heavy atom. The van der Waals surface area contributed by atoms with Gasteiger partial charge >= 0.3 is 12.1 Å². The average molecular weight is 451 g/mol. The molecule has 2 unspecified atom stereocenters. The molecule has 1 heterocycles. The second-order valence-electron chi connectivity index (χ2n) is 8.37. The molecule has 1 aliphatic heterocycles. The number of nitrogens with zero attached hydrogens (tertiary/aromatic N) is 1. The van der Waals surface area contributed by atoms with Crippen LogP contribution in [-0.2, 0) is 19.1 Å². The molecule has 0 saturated carbocycles. The van der Waals surface area contributed by atoms with E-state index in [-0.39, 0.29) is 37.8 Å². The third-order valence-electron chi connectivity index (χ3n) is 5.95. The Balaban J connectivity index is 1.27. The van der Waals surface area contributed by atoms with E-state index in [0.717, 1.165) is 27.3 Å². The molecule has 2 aromatic carbocycles. The molecule has 1 fully saturated rings. The summed E-state index contributed by atoms with van der Waals surface area (Å²) in [6, 6.07) is 14.9. The molecule has 0 bridgehead atoms. The first-order valence-electron chi connectivity index (χ1n) is 10.8. The summed E-state index contributed by atoms with van der Waals surface area (Å²) in [5.74, 6) is -2.61. The highest BCUT2D eigenvalue weighted by molar-refractivity contribution is 5.93. The average Bonchev–Trinajstić information content (AvgIpc) is 3.35. The van der Waals surface area contributed by atoms with Crippen molar-refractivity contribution in [3.05, 3.63) is 59.7 Å². The molecule has 0 spiro atoms. The molecule has 2 aromatic rings. The number of hydrogen-bond acceptors (Lipinski definition) is 5. The van der Waals surface area contributed by atoms with Crippen LogP contribution < -0.4 is 10.7 Å². The fourth-order valence-corrected chi connectivity index (χ4v) is 4.33. The highest BCUT2D eigenvalue weighted by Crippen LogP contribution is 2.44. The number of carboxylic acids is 1. The second-order valence-corrected chi connectivity index (χ2v) is 8.37. The van der Waals surface area contributed by atoms with Crippen LogP contribution in [0.3, 0.4) is 0 Å². The number of carbonyl (C=O) groups excluding carboxylic acids is 3. The minimum atomic E-state index is -1.24. The summed E-state index contributed by atoms with van der Waals surface area (Å²) < 4.78 is 5.48. The first-order chi connectivity index (χ1) is 15.8. The number of amides is 3. The van der Waals surface area contributed by atoms with Gasteiger partial charge in [0.15, 0.2) is 6.04 Å². The Bertz CT molecular complexity index is 1060. The van der Waals surface area contributed by atoms with Gasteiger partial charge in [0, 0.05) is 18.9 Å². The van der Waals surface area contributed by atoms with E-state index in [9.17, 15) is 24.3 Å². The van der Waals surface area contributed by atoms with E-state index in [1.165, 1.54) is 0 Å². The molecule has 9 nitrogen and oxygen atoms in total. The number of alkyl carbamates (subject to hydrolysis) is 1. The number of hydrogen-bond donors (Lipinski definition) is 3. The van der Waals surface area contributed by atoms with E-state index < -0.39 is 29.9 Å². The molecule has 3 amide bonds. The zero-order chi connectivity index (χ0) is 23.5. The van der Waals surface area contributed by atoms with Gasteiger partial charge in [0.05, 0.1) is 6.42 Å². The fraction of sp³-hybridized carbons (Fsp3) is 0.333. The zero-order valence-electron chi connectivity index (χ0n) is 18.1. The van der Waals surface area contributed by atoms with Gasteiger partial charge in [-0.2, -0.15) is 0 Å². The van der Waals surface area contributed by atoms with Gasteiger partial charge in [0.2, 0.25) is 11.8 Å². The number of benzene rings is 2. The lowest BCUT2D eigenvalue weighted by atomic mass is 9.98. The topological polar surface area (TPSA) is 125 Å². The van der Waals surface area contributed by atoms with Crippen LogP contribution >= 0.6 is 0 Å². The number of fused-ring (bicyclic) bond motifs is 3. The molecule has 2 atom stereocenters. The van der Waals surface area contributed by atoms with Crippen LogP contribution in [0.15, 0.2) is 48.5 Å². The molecule has 3 N–H and O–H groups in total. The van der Waals surface area contributed by atoms with E-state index in [2.05, 4.69) is 22.9 Å². The van der Waals surface area contributed by atoms with Crippen LogP contribution in [0, 0.1) is 5.92 Å². The van der Waals surface area contributed by atoms with E-state index in [4.69, 9.17) is 4.74 Å². The van der Waals surface area contributed by atoms with Crippen molar-refractivity contribution in [2.75, 3.05) is 13.2 Å². The van der Waals surface area contributed by atoms with Gasteiger partial charge in [0.1, 0.15) is 6.61 Å². The largest absolute Gasteiger partial charge is 0.480 e. The van der Waals surface area contributed by atoms with Gasteiger partial charge in [-0.05, 0) is 28.2 Å². The number of ether oxygens (including phenoxy) is 1. The lowest BCUT2D eigenvalue weighted by Gasteiger charge is -2.22. The fourth-order valence-electron chi connectivity index (χ4n) is 4.33. The summed E-state index contributed by atoms with van der Waals surface area (Å²) in [6.45, 7) is 2.10. The Kier molecular flexibility index (Phi) is 6.30. The summed E-state index contributed by atoms with van der Waals surface area (Å²) in [5.41, 5.74) is 6.79. The summed E-state index contributed by atoms with van der Waals surface area (Å²) in [4.78, 5) is 47.4. The molecule has 1 saturated heterocycles. The quantitative estimate of drug-likeness (QED) is 0.593. The Labute approximate surface area is 190 Å². The first kappa shape index (κ1) is 22.3. The van der Waals surface area contributed by atoms with E-state index >= 15 is 0 Å². The molecule has 172 valence electrons. The highest BCUT2D eigenvalue weighted by Gasteiger charge is 2.39. The van der Waals surface area contributed by atoms with E-state index in [1.54, 1.807) is 6.92 Å². The monoisotopic (exact) mass is 451 g/mol. The lowest BCUT2D eigenvalue weighted by molar-refractivity contribution is -0.150. The zero-order valence-corrected chi connectivity index (χ0v) is 18.1. The van der Waals surface area contributed by atoms with Gasteiger partial charge in [-0.25, -0.2) is 14.6 Å².